The molecule has 0 saturated heterocycles. The molecule has 0 fully saturated rings. The Morgan fingerprint density at radius 2 is 2.21 bits per heavy atom. The highest BCUT2D eigenvalue weighted by molar-refractivity contribution is 9.10. The van der Waals surface area contributed by atoms with Crippen LogP contribution in [-0.2, 0) is 10.0 Å². The number of halogens is 1. The second-order valence-electron chi connectivity index (χ2n) is 2.84. The molecular formula is C8H11BrN2O2S. The standard InChI is InChI=1S/C8H11BrN2O2S/c1-3-14(12,13)11-7-4-6(2)8(9)10-5-7/h4-5,11H,3H2,1-2H3. The van der Waals surface area contributed by atoms with Crippen molar-refractivity contribution in [1.82, 2.24) is 4.98 Å². The van der Waals surface area contributed by atoms with Gasteiger partial charge < -0.3 is 0 Å². The van der Waals surface area contributed by atoms with Crippen LogP contribution in [0.3, 0.4) is 0 Å². The molecule has 78 valence electrons. The van der Waals surface area contributed by atoms with E-state index < -0.39 is 10.0 Å². The zero-order valence-electron chi connectivity index (χ0n) is 7.91. The first-order valence-electron chi connectivity index (χ1n) is 4.07. The van der Waals surface area contributed by atoms with E-state index in [0.29, 0.717) is 5.69 Å². The minimum Gasteiger partial charge on any atom is -0.282 e. The van der Waals surface area contributed by atoms with Crippen molar-refractivity contribution in [3.63, 3.8) is 0 Å². The molecule has 14 heavy (non-hydrogen) atoms. The number of aromatic nitrogens is 1. The molecular weight excluding hydrogens is 268 g/mol. The summed E-state index contributed by atoms with van der Waals surface area (Å²) in [4.78, 5) is 3.99. The summed E-state index contributed by atoms with van der Waals surface area (Å²) >= 11 is 3.24. The molecule has 1 aromatic rings. The Hall–Kier alpha value is -0.620. The summed E-state index contributed by atoms with van der Waals surface area (Å²) in [6.07, 6.45) is 1.48. The molecule has 0 unspecified atom stereocenters. The molecule has 4 nitrogen and oxygen atoms in total. The summed E-state index contributed by atoms with van der Waals surface area (Å²) in [5.74, 6) is 0.0577. The zero-order valence-corrected chi connectivity index (χ0v) is 10.3. The SMILES string of the molecule is CCS(=O)(=O)Nc1cnc(Br)c(C)c1. The largest absolute Gasteiger partial charge is 0.282 e. The van der Waals surface area contributed by atoms with Gasteiger partial charge in [0.05, 0.1) is 17.6 Å². The van der Waals surface area contributed by atoms with Crippen LogP contribution in [0, 0.1) is 6.92 Å². The minimum absolute atomic E-state index is 0.0577. The summed E-state index contributed by atoms with van der Waals surface area (Å²) < 4.78 is 25.6. The Morgan fingerprint density at radius 3 is 2.71 bits per heavy atom. The number of pyridine rings is 1. The van der Waals surface area contributed by atoms with Crippen molar-refractivity contribution in [1.29, 1.82) is 0 Å². The third kappa shape index (κ3) is 2.95. The number of rotatable bonds is 3. The Kier molecular flexibility index (Phi) is 3.49. The van der Waals surface area contributed by atoms with E-state index >= 15 is 0 Å². The Bertz CT molecular complexity index is 431. The van der Waals surface area contributed by atoms with Gasteiger partial charge in [0.25, 0.3) is 0 Å². The average Bonchev–Trinajstić information content (AvgIpc) is 2.11. The van der Waals surface area contributed by atoms with E-state index in [1.54, 1.807) is 13.0 Å². The molecule has 0 aromatic carbocycles. The molecule has 0 amide bonds. The van der Waals surface area contributed by atoms with Crippen LogP contribution < -0.4 is 4.72 Å². The van der Waals surface area contributed by atoms with Crippen LogP contribution in [0.25, 0.3) is 0 Å². The van der Waals surface area contributed by atoms with Gasteiger partial charge in [-0.1, -0.05) is 0 Å². The lowest BCUT2D eigenvalue weighted by molar-refractivity contribution is 0.602. The van der Waals surface area contributed by atoms with Gasteiger partial charge in [-0.2, -0.15) is 0 Å². The molecule has 0 saturated carbocycles. The predicted molar refractivity (Wildman–Crippen MR) is 59.8 cm³/mol. The fourth-order valence-corrected chi connectivity index (χ4v) is 1.70. The van der Waals surface area contributed by atoms with Crippen molar-refractivity contribution >= 4 is 31.6 Å². The van der Waals surface area contributed by atoms with E-state index in [0.717, 1.165) is 10.2 Å². The fourth-order valence-electron chi connectivity index (χ4n) is 0.866. The third-order valence-electron chi connectivity index (χ3n) is 1.67. The van der Waals surface area contributed by atoms with Gasteiger partial charge >= 0.3 is 0 Å². The smallest absolute Gasteiger partial charge is 0.232 e. The molecule has 1 N–H and O–H groups in total. The molecule has 1 heterocycles. The summed E-state index contributed by atoms with van der Waals surface area (Å²) in [6.45, 7) is 3.43. The van der Waals surface area contributed by atoms with Gasteiger partial charge in [-0.3, -0.25) is 4.72 Å². The van der Waals surface area contributed by atoms with Gasteiger partial charge in [-0.15, -0.1) is 0 Å². The summed E-state index contributed by atoms with van der Waals surface area (Å²) in [5, 5.41) is 0. The first-order valence-corrected chi connectivity index (χ1v) is 6.52. The molecule has 0 aliphatic heterocycles. The number of hydrogen-bond acceptors (Lipinski definition) is 3. The number of aryl methyl sites for hydroxylation is 1. The Labute approximate surface area is 91.9 Å². The first kappa shape index (κ1) is 11.5. The van der Waals surface area contributed by atoms with Crippen molar-refractivity contribution < 1.29 is 8.42 Å². The van der Waals surface area contributed by atoms with Crippen LogP contribution in [0.2, 0.25) is 0 Å². The van der Waals surface area contributed by atoms with Gasteiger partial charge in [0.15, 0.2) is 0 Å². The van der Waals surface area contributed by atoms with Crippen molar-refractivity contribution in [3.8, 4) is 0 Å². The first-order chi connectivity index (χ1) is 6.44. The lowest BCUT2D eigenvalue weighted by Crippen LogP contribution is -2.14. The maximum atomic E-state index is 11.2. The predicted octanol–water partition coefficient (Wildman–Crippen LogP) is 1.91. The van der Waals surface area contributed by atoms with Crippen LogP contribution in [0.5, 0.6) is 0 Å². The Balaban J connectivity index is 2.94. The van der Waals surface area contributed by atoms with E-state index in [9.17, 15) is 8.42 Å². The highest BCUT2D eigenvalue weighted by atomic mass is 79.9. The van der Waals surface area contributed by atoms with Crippen LogP contribution in [-0.4, -0.2) is 19.2 Å². The van der Waals surface area contributed by atoms with Crippen LogP contribution in [0.4, 0.5) is 5.69 Å². The lowest BCUT2D eigenvalue weighted by Gasteiger charge is -2.06. The highest BCUT2D eigenvalue weighted by Crippen LogP contribution is 2.17. The van der Waals surface area contributed by atoms with Crippen LogP contribution in [0.15, 0.2) is 16.9 Å². The number of hydrogen-bond donors (Lipinski definition) is 1. The quantitative estimate of drug-likeness (QED) is 0.860. The Morgan fingerprint density at radius 1 is 1.57 bits per heavy atom. The number of nitrogens with zero attached hydrogens (tertiary/aromatic N) is 1. The zero-order chi connectivity index (χ0) is 10.8. The van der Waals surface area contributed by atoms with Gasteiger partial charge in [0.1, 0.15) is 4.60 Å². The highest BCUT2D eigenvalue weighted by Gasteiger charge is 2.07. The second-order valence-corrected chi connectivity index (χ2v) is 5.60. The molecule has 0 aliphatic rings. The van der Waals surface area contributed by atoms with E-state index in [2.05, 4.69) is 25.6 Å². The van der Waals surface area contributed by atoms with Crippen molar-refractivity contribution in [2.45, 2.75) is 13.8 Å². The van der Waals surface area contributed by atoms with E-state index in [1.807, 2.05) is 6.92 Å². The van der Waals surface area contributed by atoms with Crippen molar-refractivity contribution in [2.75, 3.05) is 10.5 Å². The van der Waals surface area contributed by atoms with Crippen LogP contribution in [0.1, 0.15) is 12.5 Å². The summed E-state index contributed by atoms with van der Waals surface area (Å²) in [7, 11) is -3.21. The molecule has 0 radical (unpaired) electrons. The molecule has 0 bridgehead atoms. The van der Waals surface area contributed by atoms with Crippen LogP contribution >= 0.6 is 15.9 Å². The monoisotopic (exact) mass is 278 g/mol. The van der Waals surface area contributed by atoms with Gasteiger partial charge in [0, 0.05) is 0 Å². The van der Waals surface area contributed by atoms with E-state index in [1.165, 1.54) is 6.20 Å². The maximum Gasteiger partial charge on any atom is 0.232 e. The normalized spacial score (nSPS) is 11.4. The van der Waals surface area contributed by atoms with Gasteiger partial charge in [-0.25, -0.2) is 13.4 Å². The fraction of sp³-hybridized carbons (Fsp3) is 0.375. The maximum absolute atomic E-state index is 11.2. The average molecular weight is 279 g/mol. The topological polar surface area (TPSA) is 59.1 Å². The minimum atomic E-state index is -3.21. The van der Waals surface area contributed by atoms with E-state index in [-0.39, 0.29) is 5.75 Å². The van der Waals surface area contributed by atoms with Gasteiger partial charge in [-0.05, 0) is 41.4 Å². The summed E-state index contributed by atoms with van der Waals surface area (Å²) in [6, 6.07) is 1.73. The summed E-state index contributed by atoms with van der Waals surface area (Å²) in [5.41, 5.74) is 1.38. The molecule has 1 rings (SSSR count). The van der Waals surface area contributed by atoms with E-state index in [4.69, 9.17) is 0 Å². The molecule has 0 atom stereocenters. The number of sulfonamides is 1. The third-order valence-corrected chi connectivity index (χ3v) is 3.80. The lowest BCUT2D eigenvalue weighted by atomic mass is 10.3. The number of nitrogens with one attached hydrogen (secondary N) is 1. The van der Waals surface area contributed by atoms with Gasteiger partial charge in [0.2, 0.25) is 10.0 Å². The second kappa shape index (κ2) is 4.27. The molecule has 0 spiro atoms. The van der Waals surface area contributed by atoms with Crippen molar-refractivity contribution in [2.24, 2.45) is 0 Å². The number of anilines is 1. The van der Waals surface area contributed by atoms with Crippen molar-refractivity contribution in [3.05, 3.63) is 22.4 Å². The molecule has 0 aliphatic carbocycles. The molecule has 1 aromatic heterocycles. The molecule has 6 heteroatoms.